The van der Waals surface area contributed by atoms with Gasteiger partial charge in [-0.1, -0.05) is 6.07 Å². The number of methoxy groups -OCH3 is 1. The van der Waals surface area contributed by atoms with Crippen LogP contribution in [0.4, 0.5) is 17.2 Å². The lowest BCUT2D eigenvalue weighted by molar-refractivity contribution is 0.415. The number of anilines is 3. The number of ether oxygens (including phenoxy) is 1. The number of pyridine rings is 1. The molecule has 2 heterocycles. The van der Waals surface area contributed by atoms with Gasteiger partial charge in [0.05, 0.1) is 30.4 Å². The molecule has 0 bridgehead atoms. The summed E-state index contributed by atoms with van der Waals surface area (Å²) in [7, 11) is -2.13. The molecule has 0 aliphatic heterocycles. The summed E-state index contributed by atoms with van der Waals surface area (Å²) in [6.07, 6.45) is 1.45. The Hall–Kier alpha value is -3.07. The topological polar surface area (TPSA) is 109 Å². The summed E-state index contributed by atoms with van der Waals surface area (Å²) in [5.74, 6) is 1.31. The van der Waals surface area contributed by atoms with Crippen molar-refractivity contribution < 1.29 is 13.2 Å². The standard InChI is InChI=1S/C17H19N5O3S/c1-11-17(12(2)21-20-11)26(23,24)22-14-7-8-16(18-10-14)19-13-5-4-6-15(9-13)25-3/h4-10,22H,1-3H3,(H,18,19)(H,20,21). The van der Waals surface area contributed by atoms with Crippen molar-refractivity contribution in [1.82, 2.24) is 15.2 Å². The van der Waals surface area contributed by atoms with E-state index in [2.05, 4.69) is 25.2 Å². The number of nitrogens with zero attached hydrogens (tertiary/aromatic N) is 2. The van der Waals surface area contributed by atoms with Crippen molar-refractivity contribution in [3.63, 3.8) is 0 Å². The average molecular weight is 373 g/mol. The normalized spacial score (nSPS) is 11.2. The van der Waals surface area contributed by atoms with Crippen LogP contribution in [0.25, 0.3) is 0 Å². The van der Waals surface area contributed by atoms with E-state index < -0.39 is 10.0 Å². The summed E-state index contributed by atoms with van der Waals surface area (Å²) in [6.45, 7) is 3.30. The number of rotatable bonds is 6. The highest BCUT2D eigenvalue weighted by molar-refractivity contribution is 7.92. The van der Waals surface area contributed by atoms with Gasteiger partial charge in [0.1, 0.15) is 16.5 Å². The van der Waals surface area contributed by atoms with Gasteiger partial charge >= 0.3 is 0 Å². The fraction of sp³-hybridized carbons (Fsp3) is 0.176. The molecule has 9 heteroatoms. The van der Waals surface area contributed by atoms with Gasteiger partial charge in [0.2, 0.25) is 0 Å². The number of H-pyrrole nitrogens is 1. The molecule has 3 N–H and O–H groups in total. The van der Waals surface area contributed by atoms with E-state index in [1.807, 2.05) is 24.3 Å². The third-order valence-corrected chi connectivity index (χ3v) is 5.33. The first kappa shape index (κ1) is 17.7. The quantitative estimate of drug-likeness (QED) is 0.613. The van der Waals surface area contributed by atoms with Gasteiger partial charge in [0, 0.05) is 11.8 Å². The molecule has 8 nitrogen and oxygen atoms in total. The van der Waals surface area contributed by atoms with Gasteiger partial charge in [0.15, 0.2) is 0 Å². The second kappa shape index (κ2) is 7.04. The van der Waals surface area contributed by atoms with Crippen LogP contribution in [0.3, 0.4) is 0 Å². The lowest BCUT2D eigenvalue weighted by atomic mass is 10.3. The summed E-state index contributed by atoms with van der Waals surface area (Å²) in [5.41, 5.74) is 2.08. The molecule has 0 saturated carbocycles. The Labute approximate surface area is 151 Å². The van der Waals surface area contributed by atoms with E-state index in [1.54, 1.807) is 33.1 Å². The lowest BCUT2D eigenvalue weighted by Crippen LogP contribution is -2.14. The minimum absolute atomic E-state index is 0.149. The summed E-state index contributed by atoms with van der Waals surface area (Å²) in [6, 6.07) is 10.7. The Morgan fingerprint density at radius 3 is 2.54 bits per heavy atom. The highest BCUT2D eigenvalue weighted by atomic mass is 32.2. The van der Waals surface area contributed by atoms with Gasteiger partial charge in [-0.2, -0.15) is 5.10 Å². The molecule has 3 rings (SSSR count). The van der Waals surface area contributed by atoms with E-state index in [0.29, 0.717) is 22.9 Å². The molecule has 0 aliphatic rings. The largest absolute Gasteiger partial charge is 0.497 e. The van der Waals surface area contributed by atoms with Crippen LogP contribution in [0.5, 0.6) is 5.75 Å². The highest BCUT2D eigenvalue weighted by Gasteiger charge is 2.22. The van der Waals surface area contributed by atoms with Crippen LogP contribution in [0.1, 0.15) is 11.4 Å². The number of aromatic nitrogens is 3. The highest BCUT2D eigenvalue weighted by Crippen LogP contribution is 2.23. The molecule has 26 heavy (non-hydrogen) atoms. The molecule has 0 aliphatic carbocycles. The molecule has 0 saturated heterocycles. The van der Waals surface area contributed by atoms with E-state index in [-0.39, 0.29) is 4.90 Å². The molecular formula is C17H19N5O3S. The fourth-order valence-corrected chi connectivity index (χ4v) is 3.94. The molecule has 0 unspecified atom stereocenters. The molecule has 0 spiro atoms. The second-order valence-corrected chi connectivity index (χ2v) is 7.28. The fourth-order valence-electron chi connectivity index (χ4n) is 2.52. The van der Waals surface area contributed by atoms with Crippen molar-refractivity contribution in [2.45, 2.75) is 18.7 Å². The van der Waals surface area contributed by atoms with Crippen LogP contribution < -0.4 is 14.8 Å². The summed E-state index contributed by atoms with van der Waals surface area (Å²) < 4.78 is 32.7. The smallest absolute Gasteiger partial charge is 0.265 e. The Morgan fingerprint density at radius 1 is 1.12 bits per heavy atom. The van der Waals surface area contributed by atoms with Gasteiger partial charge in [-0.25, -0.2) is 13.4 Å². The Balaban J connectivity index is 1.75. The number of aromatic amines is 1. The van der Waals surface area contributed by atoms with E-state index >= 15 is 0 Å². The van der Waals surface area contributed by atoms with E-state index in [1.165, 1.54) is 6.20 Å². The predicted molar refractivity (Wildman–Crippen MR) is 99.4 cm³/mol. The Morgan fingerprint density at radius 2 is 1.92 bits per heavy atom. The van der Waals surface area contributed by atoms with Gasteiger partial charge in [-0.15, -0.1) is 0 Å². The number of hydrogen-bond acceptors (Lipinski definition) is 6. The van der Waals surface area contributed by atoms with Crippen LogP contribution >= 0.6 is 0 Å². The lowest BCUT2D eigenvalue weighted by Gasteiger charge is -2.10. The van der Waals surface area contributed by atoms with Crippen molar-refractivity contribution in [3.8, 4) is 5.75 Å². The predicted octanol–water partition coefficient (Wildman–Crippen LogP) is 2.97. The maximum atomic E-state index is 12.5. The van der Waals surface area contributed by atoms with Crippen molar-refractivity contribution in [3.05, 3.63) is 54.0 Å². The third-order valence-electron chi connectivity index (χ3n) is 3.69. The average Bonchev–Trinajstić information content (AvgIpc) is 2.96. The van der Waals surface area contributed by atoms with Gasteiger partial charge in [-0.3, -0.25) is 9.82 Å². The first-order valence-corrected chi connectivity index (χ1v) is 9.29. The molecular weight excluding hydrogens is 354 g/mol. The number of hydrogen-bond donors (Lipinski definition) is 3. The molecule has 2 aromatic heterocycles. The van der Waals surface area contributed by atoms with E-state index in [4.69, 9.17) is 4.74 Å². The molecule has 136 valence electrons. The summed E-state index contributed by atoms with van der Waals surface area (Å²) in [4.78, 5) is 4.39. The van der Waals surface area contributed by atoms with Crippen molar-refractivity contribution in [1.29, 1.82) is 0 Å². The van der Waals surface area contributed by atoms with Crippen LogP contribution in [0.15, 0.2) is 47.5 Å². The third kappa shape index (κ3) is 3.77. The van der Waals surface area contributed by atoms with Gasteiger partial charge in [0.25, 0.3) is 10.0 Å². The summed E-state index contributed by atoms with van der Waals surface area (Å²) >= 11 is 0. The van der Waals surface area contributed by atoms with Crippen LogP contribution in [-0.4, -0.2) is 30.7 Å². The Bertz CT molecular complexity index is 994. The van der Waals surface area contributed by atoms with Crippen LogP contribution in [-0.2, 0) is 10.0 Å². The number of aryl methyl sites for hydroxylation is 2. The molecule has 1 aromatic carbocycles. The monoisotopic (exact) mass is 373 g/mol. The Kier molecular flexibility index (Phi) is 4.81. The zero-order valence-corrected chi connectivity index (χ0v) is 15.4. The molecule has 0 amide bonds. The zero-order chi connectivity index (χ0) is 18.7. The zero-order valence-electron chi connectivity index (χ0n) is 14.6. The first-order valence-electron chi connectivity index (χ1n) is 7.80. The van der Waals surface area contributed by atoms with Crippen LogP contribution in [0, 0.1) is 13.8 Å². The van der Waals surface area contributed by atoms with Gasteiger partial charge in [-0.05, 0) is 38.1 Å². The van der Waals surface area contributed by atoms with Crippen LogP contribution in [0.2, 0.25) is 0 Å². The van der Waals surface area contributed by atoms with Crippen molar-refractivity contribution >= 4 is 27.2 Å². The molecule has 3 aromatic rings. The SMILES string of the molecule is COc1cccc(Nc2ccc(NS(=O)(=O)c3c(C)n[nH]c3C)cn2)c1. The van der Waals surface area contributed by atoms with E-state index in [9.17, 15) is 8.42 Å². The van der Waals surface area contributed by atoms with Gasteiger partial charge < -0.3 is 10.1 Å². The maximum absolute atomic E-state index is 12.5. The minimum atomic E-state index is -3.73. The molecule has 0 fully saturated rings. The maximum Gasteiger partial charge on any atom is 0.265 e. The molecule has 0 radical (unpaired) electrons. The van der Waals surface area contributed by atoms with E-state index in [0.717, 1.165) is 11.4 Å². The number of sulfonamides is 1. The summed E-state index contributed by atoms with van der Waals surface area (Å²) in [5, 5.41) is 9.72. The van der Waals surface area contributed by atoms with Crippen molar-refractivity contribution in [2.24, 2.45) is 0 Å². The number of benzene rings is 1. The second-order valence-electron chi connectivity index (χ2n) is 5.66. The minimum Gasteiger partial charge on any atom is -0.497 e. The van der Waals surface area contributed by atoms with Crippen molar-refractivity contribution in [2.75, 3.05) is 17.1 Å². The first-order chi connectivity index (χ1) is 12.4. The number of nitrogens with one attached hydrogen (secondary N) is 3. The molecule has 0 atom stereocenters.